The van der Waals surface area contributed by atoms with Crippen LogP contribution in [-0.2, 0) is 19.1 Å². The van der Waals surface area contributed by atoms with Crippen molar-refractivity contribution in [2.24, 2.45) is 11.8 Å². The molecule has 3 amide bonds. The van der Waals surface area contributed by atoms with Crippen LogP contribution in [0, 0.1) is 11.8 Å². The average molecular weight is 538 g/mol. The third-order valence-electron chi connectivity index (χ3n) is 7.49. The molecular weight excluding hydrogens is 498 g/mol. The molecule has 3 rings (SSSR count). The first-order chi connectivity index (χ1) is 18.5. The van der Waals surface area contributed by atoms with Gasteiger partial charge >= 0.3 is 12.1 Å². The minimum absolute atomic E-state index is 0.115. The number of carbonyl (C=O) groups is 4. The van der Waals surface area contributed by atoms with Crippen molar-refractivity contribution in [2.75, 3.05) is 27.2 Å². The topological polar surface area (TPSA) is 116 Å². The van der Waals surface area contributed by atoms with Crippen LogP contribution in [0.1, 0.15) is 51.2 Å². The Morgan fingerprint density at radius 1 is 0.923 bits per heavy atom. The van der Waals surface area contributed by atoms with Crippen LogP contribution in [0.3, 0.4) is 0 Å². The number of hydrogen-bond acceptors (Lipinski definition) is 5. The lowest BCUT2D eigenvalue weighted by Gasteiger charge is -2.36. The molecule has 2 aromatic carbocycles. The fourth-order valence-corrected chi connectivity index (χ4v) is 5.21. The van der Waals surface area contributed by atoms with Gasteiger partial charge in [0.25, 0.3) is 0 Å². The number of nitrogens with one attached hydrogen (secondary N) is 1. The number of amides is 3. The van der Waals surface area contributed by atoms with Gasteiger partial charge in [0.05, 0.1) is 0 Å². The van der Waals surface area contributed by atoms with Gasteiger partial charge in [0.1, 0.15) is 25.2 Å². The summed E-state index contributed by atoms with van der Waals surface area (Å²) in [4.78, 5) is 53.2. The number of fused-ring (bicyclic) bond motifs is 3. The first-order valence-corrected chi connectivity index (χ1v) is 13.3. The van der Waals surface area contributed by atoms with Gasteiger partial charge in [0, 0.05) is 20.0 Å². The molecule has 1 aliphatic rings. The average Bonchev–Trinajstić information content (AvgIpc) is 3.22. The first-order valence-electron chi connectivity index (χ1n) is 13.3. The van der Waals surface area contributed by atoms with E-state index in [1.807, 2.05) is 50.2 Å². The number of likely N-dealkylation sites (N-methyl/N-ethyl adjacent to an activating group) is 2. The number of nitrogens with zero attached hydrogens (tertiary/aromatic N) is 2. The number of carbonyl (C=O) groups excluding carboxylic acids is 3. The van der Waals surface area contributed by atoms with Crippen molar-refractivity contribution in [3.8, 4) is 11.1 Å². The van der Waals surface area contributed by atoms with Crippen LogP contribution in [0.4, 0.5) is 4.79 Å². The zero-order chi connectivity index (χ0) is 28.9. The first kappa shape index (κ1) is 29.7. The van der Waals surface area contributed by atoms with Crippen molar-refractivity contribution >= 4 is 23.9 Å². The Morgan fingerprint density at radius 3 is 1.95 bits per heavy atom. The van der Waals surface area contributed by atoms with Gasteiger partial charge in [-0.2, -0.15) is 0 Å². The van der Waals surface area contributed by atoms with Crippen LogP contribution in [0.5, 0.6) is 0 Å². The lowest BCUT2D eigenvalue weighted by atomic mass is 9.95. The van der Waals surface area contributed by atoms with Gasteiger partial charge in [-0.25, -0.2) is 4.79 Å². The molecular formula is C30H39N3O6. The smallest absolute Gasteiger partial charge is 0.407 e. The molecule has 2 N–H and O–H groups in total. The van der Waals surface area contributed by atoms with Gasteiger partial charge < -0.3 is 25.0 Å². The fourth-order valence-electron chi connectivity index (χ4n) is 5.21. The summed E-state index contributed by atoms with van der Waals surface area (Å²) in [5, 5.41) is 11.8. The summed E-state index contributed by atoms with van der Waals surface area (Å²) < 4.78 is 5.67. The summed E-state index contributed by atoms with van der Waals surface area (Å²) in [6.07, 6.45) is -0.105. The maximum absolute atomic E-state index is 13.6. The number of hydrogen-bond donors (Lipinski definition) is 2. The van der Waals surface area contributed by atoms with E-state index in [1.54, 1.807) is 13.8 Å². The molecule has 9 heteroatoms. The summed E-state index contributed by atoms with van der Waals surface area (Å²) in [6.45, 7) is 6.98. The lowest BCUT2D eigenvalue weighted by Crippen LogP contribution is -2.58. The number of carboxylic acid groups (broad SMARTS) is 1. The summed E-state index contributed by atoms with van der Waals surface area (Å²) in [6, 6.07) is 14.3. The number of rotatable bonds is 11. The van der Waals surface area contributed by atoms with Gasteiger partial charge in [-0.05, 0) is 34.1 Å². The maximum atomic E-state index is 13.6. The van der Waals surface area contributed by atoms with Gasteiger partial charge in [-0.1, -0.05) is 82.6 Å². The van der Waals surface area contributed by atoms with Crippen LogP contribution in [0.25, 0.3) is 11.1 Å². The third-order valence-corrected chi connectivity index (χ3v) is 7.49. The number of carboxylic acids is 1. The van der Waals surface area contributed by atoms with E-state index in [0.29, 0.717) is 6.42 Å². The normalized spacial score (nSPS) is 14.5. The van der Waals surface area contributed by atoms with E-state index in [9.17, 15) is 19.2 Å². The van der Waals surface area contributed by atoms with Crippen LogP contribution < -0.4 is 5.32 Å². The Hall–Kier alpha value is -3.88. The third kappa shape index (κ3) is 6.58. The Balaban J connectivity index is 1.74. The molecule has 0 spiro atoms. The molecule has 0 fully saturated rings. The van der Waals surface area contributed by atoms with Crippen LogP contribution in [-0.4, -0.2) is 78.1 Å². The highest BCUT2D eigenvalue weighted by molar-refractivity contribution is 5.92. The minimum atomic E-state index is -1.14. The maximum Gasteiger partial charge on any atom is 0.407 e. The molecule has 0 radical (unpaired) electrons. The molecule has 2 aromatic rings. The van der Waals surface area contributed by atoms with E-state index < -0.39 is 42.5 Å². The Morgan fingerprint density at radius 2 is 1.46 bits per heavy atom. The van der Waals surface area contributed by atoms with Crippen LogP contribution >= 0.6 is 0 Å². The molecule has 210 valence electrons. The minimum Gasteiger partial charge on any atom is -0.480 e. The summed E-state index contributed by atoms with van der Waals surface area (Å²) in [5.74, 6) is -2.69. The highest BCUT2D eigenvalue weighted by atomic mass is 16.5. The van der Waals surface area contributed by atoms with Gasteiger partial charge in [-0.3, -0.25) is 14.4 Å². The second-order valence-corrected chi connectivity index (χ2v) is 10.6. The summed E-state index contributed by atoms with van der Waals surface area (Å²) in [7, 11) is 2.90. The Bertz CT molecular complexity index is 1170. The SMILES string of the molecule is CC[C@H](C)[C@H](NC(=O)OCC1c2ccccc2-c2ccccc21)C(=O)N(C)[C@@H](C(=O)N(C)CC(=O)O)C(C)C. The van der Waals surface area contributed by atoms with Crippen molar-refractivity contribution in [2.45, 2.75) is 52.1 Å². The van der Waals surface area contributed by atoms with Crippen molar-refractivity contribution in [3.63, 3.8) is 0 Å². The molecule has 0 heterocycles. The highest BCUT2D eigenvalue weighted by Gasteiger charge is 2.38. The molecule has 0 saturated heterocycles. The zero-order valence-electron chi connectivity index (χ0n) is 23.5. The quantitative estimate of drug-likeness (QED) is 0.448. The van der Waals surface area contributed by atoms with Crippen LogP contribution in [0.2, 0.25) is 0 Å². The molecule has 0 aromatic heterocycles. The molecule has 3 atom stereocenters. The molecule has 1 aliphatic carbocycles. The van der Waals surface area contributed by atoms with E-state index in [-0.39, 0.29) is 24.4 Å². The predicted octanol–water partition coefficient (Wildman–Crippen LogP) is 3.97. The van der Waals surface area contributed by atoms with Crippen molar-refractivity contribution in [1.29, 1.82) is 0 Å². The standard InChI is InChI=1S/C30H39N3O6/c1-7-19(4)26(28(36)33(6)27(18(2)3)29(37)32(5)16-25(34)35)31-30(38)39-17-24-22-14-10-8-12-20(22)21-13-9-11-15-23(21)24/h8-15,18-19,24,26-27H,7,16-17H2,1-6H3,(H,31,38)(H,34,35)/t19-,26-,27+/m0/s1. The van der Waals surface area contributed by atoms with Gasteiger partial charge in [0.15, 0.2) is 0 Å². The second-order valence-electron chi connectivity index (χ2n) is 10.6. The van der Waals surface area contributed by atoms with Gasteiger partial charge in [0.2, 0.25) is 11.8 Å². The largest absolute Gasteiger partial charge is 0.480 e. The summed E-state index contributed by atoms with van der Waals surface area (Å²) in [5.41, 5.74) is 4.41. The molecule has 39 heavy (non-hydrogen) atoms. The number of ether oxygens (including phenoxy) is 1. The number of benzene rings is 2. The molecule has 0 saturated carbocycles. The molecule has 9 nitrogen and oxygen atoms in total. The second kappa shape index (κ2) is 12.8. The van der Waals surface area contributed by atoms with Gasteiger partial charge in [-0.15, -0.1) is 0 Å². The number of aliphatic carboxylic acids is 1. The number of alkyl carbamates (subject to hydrolysis) is 1. The molecule has 0 bridgehead atoms. The Labute approximate surface area is 230 Å². The Kier molecular flexibility index (Phi) is 9.72. The monoisotopic (exact) mass is 537 g/mol. The lowest BCUT2D eigenvalue weighted by molar-refractivity contribution is -0.150. The van der Waals surface area contributed by atoms with E-state index in [4.69, 9.17) is 9.84 Å². The van der Waals surface area contributed by atoms with E-state index in [1.165, 1.54) is 19.0 Å². The van der Waals surface area contributed by atoms with E-state index >= 15 is 0 Å². The predicted molar refractivity (Wildman–Crippen MR) is 148 cm³/mol. The molecule has 0 aliphatic heterocycles. The van der Waals surface area contributed by atoms with Crippen molar-refractivity contribution in [1.82, 2.24) is 15.1 Å². The van der Waals surface area contributed by atoms with Crippen molar-refractivity contribution in [3.05, 3.63) is 59.7 Å². The van der Waals surface area contributed by atoms with E-state index in [0.717, 1.165) is 27.2 Å². The van der Waals surface area contributed by atoms with E-state index in [2.05, 4.69) is 17.4 Å². The fraction of sp³-hybridized carbons (Fsp3) is 0.467. The van der Waals surface area contributed by atoms with Crippen LogP contribution in [0.15, 0.2) is 48.5 Å². The molecule has 0 unspecified atom stereocenters. The summed E-state index contributed by atoms with van der Waals surface area (Å²) >= 11 is 0. The highest BCUT2D eigenvalue weighted by Crippen LogP contribution is 2.44. The van der Waals surface area contributed by atoms with Crippen molar-refractivity contribution < 1.29 is 29.0 Å². The zero-order valence-corrected chi connectivity index (χ0v) is 23.5.